The molecular formula is C16H24N4O2S. The molecule has 0 bridgehead atoms. The first-order valence-electron chi connectivity index (χ1n) is 7.79. The topological polar surface area (TPSA) is 68.9 Å². The molecule has 0 aliphatic carbocycles. The van der Waals surface area contributed by atoms with E-state index in [2.05, 4.69) is 17.3 Å². The van der Waals surface area contributed by atoms with Crippen molar-refractivity contribution in [3.8, 4) is 0 Å². The molecule has 0 aliphatic heterocycles. The number of carbonyl (C=O) groups excluding carboxylic acids is 1. The Labute approximate surface area is 140 Å². The van der Waals surface area contributed by atoms with Gasteiger partial charge in [0.1, 0.15) is 0 Å². The summed E-state index contributed by atoms with van der Waals surface area (Å²) in [6.45, 7) is 9.80. The highest BCUT2D eigenvalue weighted by Crippen LogP contribution is 2.06. The molecule has 2 aromatic heterocycles. The van der Waals surface area contributed by atoms with Gasteiger partial charge in [-0.3, -0.25) is 14.3 Å². The minimum absolute atomic E-state index is 0.00630. The van der Waals surface area contributed by atoms with Crippen LogP contribution >= 0.6 is 11.3 Å². The molecule has 0 fully saturated rings. The van der Waals surface area contributed by atoms with Crippen LogP contribution in [0.25, 0.3) is 0 Å². The van der Waals surface area contributed by atoms with Gasteiger partial charge in [-0.05, 0) is 32.8 Å². The molecule has 7 heteroatoms. The van der Waals surface area contributed by atoms with Crippen LogP contribution in [0.4, 0.5) is 0 Å². The van der Waals surface area contributed by atoms with Gasteiger partial charge in [0.2, 0.25) is 5.91 Å². The quantitative estimate of drug-likeness (QED) is 0.839. The first kappa shape index (κ1) is 17.5. The van der Waals surface area contributed by atoms with Crippen LogP contribution in [0.3, 0.4) is 0 Å². The fourth-order valence-electron chi connectivity index (χ4n) is 2.48. The second-order valence-corrected chi connectivity index (χ2v) is 6.88. The third kappa shape index (κ3) is 4.79. The van der Waals surface area contributed by atoms with Gasteiger partial charge in [-0.1, -0.05) is 18.3 Å². The number of aromatic nitrogens is 3. The zero-order chi connectivity index (χ0) is 17.0. The molecule has 0 spiro atoms. The van der Waals surface area contributed by atoms with Crippen LogP contribution in [0, 0.1) is 26.7 Å². The number of hydrogen-bond donors (Lipinski definition) is 1. The molecule has 0 aliphatic rings. The summed E-state index contributed by atoms with van der Waals surface area (Å²) in [6, 6.07) is 2.05. The van der Waals surface area contributed by atoms with E-state index in [1.54, 1.807) is 4.57 Å². The summed E-state index contributed by atoms with van der Waals surface area (Å²) in [5, 5.41) is 9.19. The molecule has 1 unspecified atom stereocenters. The number of nitrogens with one attached hydrogen (secondary N) is 1. The lowest BCUT2D eigenvalue weighted by molar-refractivity contribution is -0.121. The standard InChI is InChI=1S/C16H24N4O2S/c1-11(9-20-13(3)7-12(2)18-20)8-17-15(21)5-6-19-14(4)10-23-16(19)22/h7,10-11H,5-6,8-9H2,1-4H3,(H,17,21). The van der Waals surface area contributed by atoms with Gasteiger partial charge in [0.15, 0.2) is 0 Å². The minimum atomic E-state index is -0.0253. The van der Waals surface area contributed by atoms with E-state index in [9.17, 15) is 9.59 Å². The second kappa shape index (κ2) is 7.59. The van der Waals surface area contributed by atoms with Crippen LogP contribution in [0.1, 0.15) is 30.4 Å². The number of carbonyl (C=O) groups is 1. The Balaban J connectivity index is 1.75. The van der Waals surface area contributed by atoms with Gasteiger partial charge in [0.25, 0.3) is 0 Å². The predicted molar refractivity (Wildman–Crippen MR) is 91.8 cm³/mol. The highest BCUT2D eigenvalue weighted by molar-refractivity contribution is 7.07. The lowest BCUT2D eigenvalue weighted by Crippen LogP contribution is -2.31. The van der Waals surface area contributed by atoms with Gasteiger partial charge in [0, 0.05) is 42.8 Å². The van der Waals surface area contributed by atoms with E-state index in [0.29, 0.717) is 25.4 Å². The van der Waals surface area contributed by atoms with Crippen molar-refractivity contribution in [3.63, 3.8) is 0 Å². The molecule has 1 N–H and O–H groups in total. The third-order valence-corrected chi connectivity index (χ3v) is 4.66. The second-order valence-electron chi connectivity index (χ2n) is 6.06. The number of rotatable bonds is 7. The molecule has 2 aromatic rings. The van der Waals surface area contributed by atoms with Crippen LogP contribution in [0.5, 0.6) is 0 Å². The maximum atomic E-state index is 11.9. The summed E-state index contributed by atoms with van der Waals surface area (Å²) in [7, 11) is 0. The average molecular weight is 336 g/mol. The van der Waals surface area contributed by atoms with Gasteiger partial charge in [-0.25, -0.2) is 0 Å². The fraction of sp³-hybridized carbons (Fsp3) is 0.562. The molecule has 23 heavy (non-hydrogen) atoms. The molecule has 2 heterocycles. The largest absolute Gasteiger partial charge is 0.356 e. The van der Waals surface area contributed by atoms with Crippen LogP contribution in [0.15, 0.2) is 16.2 Å². The minimum Gasteiger partial charge on any atom is -0.356 e. The van der Waals surface area contributed by atoms with E-state index in [1.807, 2.05) is 36.9 Å². The fourth-order valence-corrected chi connectivity index (χ4v) is 3.25. The van der Waals surface area contributed by atoms with Crippen LogP contribution in [-0.2, 0) is 17.9 Å². The van der Waals surface area contributed by atoms with E-state index in [0.717, 1.165) is 23.6 Å². The zero-order valence-corrected chi connectivity index (χ0v) is 14.9. The monoisotopic (exact) mass is 336 g/mol. The normalized spacial score (nSPS) is 12.3. The summed E-state index contributed by atoms with van der Waals surface area (Å²) in [5.41, 5.74) is 3.05. The van der Waals surface area contributed by atoms with Gasteiger partial charge in [-0.2, -0.15) is 5.10 Å². The summed E-state index contributed by atoms with van der Waals surface area (Å²) in [4.78, 5) is 23.5. The number of hydrogen-bond acceptors (Lipinski definition) is 4. The SMILES string of the molecule is Cc1cc(C)n(CC(C)CNC(=O)CCn2c(C)csc2=O)n1. The Morgan fingerprint density at radius 2 is 2.09 bits per heavy atom. The summed E-state index contributed by atoms with van der Waals surface area (Å²) in [6.07, 6.45) is 0.324. The lowest BCUT2D eigenvalue weighted by Gasteiger charge is -2.14. The van der Waals surface area contributed by atoms with Gasteiger partial charge in [-0.15, -0.1) is 0 Å². The van der Waals surface area contributed by atoms with Crippen molar-refractivity contribution in [2.75, 3.05) is 6.54 Å². The number of thiazole rings is 1. The molecule has 0 radical (unpaired) electrons. The van der Waals surface area contributed by atoms with Gasteiger partial charge >= 0.3 is 4.87 Å². The molecule has 6 nitrogen and oxygen atoms in total. The Bertz CT molecular complexity index is 729. The third-order valence-electron chi connectivity index (χ3n) is 3.77. The molecule has 126 valence electrons. The summed E-state index contributed by atoms with van der Waals surface area (Å²) < 4.78 is 3.62. The van der Waals surface area contributed by atoms with E-state index >= 15 is 0 Å². The van der Waals surface area contributed by atoms with E-state index in [-0.39, 0.29) is 10.8 Å². The van der Waals surface area contributed by atoms with E-state index in [1.165, 1.54) is 11.3 Å². The lowest BCUT2D eigenvalue weighted by atomic mass is 10.2. The number of aryl methyl sites for hydroxylation is 3. The van der Waals surface area contributed by atoms with Gasteiger partial charge < -0.3 is 9.88 Å². The molecule has 0 aromatic carbocycles. The smallest absolute Gasteiger partial charge is 0.307 e. The Kier molecular flexibility index (Phi) is 5.76. The Hall–Kier alpha value is -1.89. The van der Waals surface area contributed by atoms with Crippen LogP contribution in [-0.4, -0.2) is 26.8 Å². The molecule has 1 atom stereocenters. The Morgan fingerprint density at radius 3 is 2.65 bits per heavy atom. The maximum Gasteiger partial charge on any atom is 0.307 e. The molecule has 1 amide bonds. The van der Waals surface area contributed by atoms with Crippen molar-refractivity contribution in [2.45, 2.75) is 47.2 Å². The highest BCUT2D eigenvalue weighted by atomic mass is 32.1. The molecular weight excluding hydrogens is 312 g/mol. The molecule has 2 rings (SSSR count). The first-order valence-corrected chi connectivity index (χ1v) is 8.67. The molecule has 0 saturated carbocycles. The van der Waals surface area contributed by atoms with Crippen molar-refractivity contribution >= 4 is 17.2 Å². The van der Waals surface area contributed by atoms with Crippen molar-refractivity contribution in [2.24, 2.45) is 5.92 Å². The van der Waals surface area contributed by atoms with E-state index < -0.39 is 0 Å². The zero-order valence-electron chi connectivity index (χ0n) is 14.1. The predicted octanol–water partition coefficient (Wildman–Crippen LogP) is 1.87. The van der Waals surface area contributed by atoms with E-state index in [4.69, 9.17) is 0 Å². The van der Waals surface area contributed by atoms with Crippen LogP contribution in [0.2, 0.25) is 0 Å². The summed E-state index contributed by atoms with van der Waals surface area (Å²) in [5.74, 6) is 0.269. The number of amides is 1. The number of nitrogens with zero attached hydrogens (tertiary/aromatic N) is 3. The van der Waals surface area contributed by atoms with Crippen molar-refractivity contribution in [1.29, 1.82) is 0 Å². The average Bonchev–Trinajstić information content (AvgIpc) is 2.97. The first-order chi connectivity index (χ1) is 10.9. The Morgan fingerprint density at radius 1 is 1.35 bits per heavy atom. The maximum absolute atomic E-state index is 11.9. The highest BCUT2D eigenvalue weighted by Gasteiger charge is 2.10. The van der Waals surface area contributed by atoms with Crippen molar-refractivity contribution in [3.05, 3.63) is 38.2 Å². The van der Waals surface area contributed by atoms with Crippen LogP contribution < -0.4 is 10.2 Å². The van der Waals surface area contributed by atoms with Gasteiger partial charge in [0.05, 0.1) is 5.69 Å². The van der Waals surface area contributed by atoms with Crippen molar-refractivity contribution in [1.82, 2.24) is 19.7 Å². The summed E-state index contributed by atoms with van der Waals surface area (Å²) >= 11 is 1.17. The molecule has 0 saturated heterocycles. The van der Waals surface area contributed by atoms with Crippen molar-refractivity contribution < 1.29 is 4.79 Å².